The van der Waals surface area contributed by atoms with Crippen molar-refractivity contribution in [3.8, 4) is 0 Å². The highest BCUT2D eigenvalue weighted by molar-refractivity contribution is 5.70. The SMILES string of the molecule is CC(C)CCCCCCCCOC(=O)CCCCCN1CCC(OC(=O)CCN(C)C)C1.CCCCCCCCC(CCCCCCCC)OC(=O)CCCCCCCOC=O. The van der Waals surface area contributed by atoms with Crippen LogP contribution in [0.5, 0.6) is 0 Å². The molecule has 0 amide bonds. The molecule has 10 nitrogen and oxygen atoms in total. The monoisotopic (exact) mass is 881 g/mol. The third-order valence-corrected chi connectivity index (χ3v) is 11.9. The van der Waals surface area contributed by atoms with Gasteiger partial charge in [-0.1, -0.05) is 156 Å². The number of carbonyl (C=O) groups excluding carboxylic acids is 4. The third kappa shape index (κ3) is 43.1. The van der Waals surface area contributed by atoms with Crippen LogP contribution in [0.3, 0.4) is 0 Å². The van der Waals surface area contributed by atoms with Crippen LogP contribution in [0.25, 0.3) is 0 Å². The molecule has 0 spiro atoms. The molecule has 1 aliphatic heterocycles. The molecule has 10 heteroatoms. The van der Waals surface area contributed by atoms with E-state index in [1.54, 1.807) is 0 Å². The van der Waals surface area contributed by atoms with E-state index in [1.165, 1.54) is 109 Å². The molecule has 1 rings (SSSR count). The highest BCUT2D eigenvalue weighted by Crippen LogP contribution is 2.19. The van der Waals surface area contributed by atoms with Gasteiger partial charge < -0.3 is 23.8 Å². The number of carbonyl (C=O) groups is 4. The van der Waals surface area contributed by atoms with Crippen LogP contribution in [0.4, 0.5) is 0 Å². The number of hydrogen-bond acceptors (Lipinski definition) is 10. The van der Waals surface area contributed by atoms with Gasteiger partial charge in [-0.2, -0.15) is 0 Å². The van der Waals surface area contributed by atoms with E-state index in [0.717, 1.165) is 116 Å². The molecule has 1 unspecified atom stereocenters. The van der Waals surface area contributed by atoms with E-state index in [-0.39, 0.29) is 30.1 Å². The number of unbranched alkanes of at least 4 members (excludes halogenated alkanes) is 21. The molecule has 0 aliphatic carbocycles. The molecule has 1 heterocycles. The molecule has 366 valence electrons. The number of hydrogen-bond donors (Lipinski definition) is 0. The van der Waals surface area contributed by atoms with Crippen molar-refractivity contribution in [2.24, 2.45) is 5.92 Å². The zero-order valence-electron chi connectivity index (χ0n) is 41.5. The van der Waals surface area contributed by atoms with Gasteiger partial charge in [0.1, 0.15) is 12.2 Å². The summed E-state index contributed by atoms with van der Waals surface area (Å²) in [4.78, 5) is 50.4. The van der Waals surface area contributed by atoms with Gasteiger partial charge in [-0.25, -0.2) is 0 Å². The number of nitrogens with zero attached hydrogens (tertiary/aromatic N) is 2. The van der Waals surface area contributed by atoms with E-state index in [9.17, 15) is 19.2 Å². The van der Waals surface area contributed by atoms with Crippen LogP contribution in [0.2, 0.25) is 0 Å². The average molecular weight is 881 g/mol. The Bertz CT molecular complexity index is 1010. The largest absolute Gasteiger partial charge is 0.468 e. The molecule has 1 fully saturated rings. The summed E-state index contributed by atoms with van der Waals surface area (Å²) in [5.41, 5.74) is 0. The van der Waals surface area contributed by atoms with Crippen molar-refractivity contribution in [1.82, 2.24) is 9.80 Å². The first kappa shape index (κ1) is 59.8. The second-order valence-electron chi connectivity index (χ2n) is 18.8. The Labute approximate surface area is 382 Å². The second-order valence-corrected chi connectivity index (χ2v) is 18.8. The van der Waals surface area contributed by atoms with Crippen LogP contribution in [0, 0.1) is 5.92 Å². The maximum absolute atomic E-state index is 12.3. The van der Waals surface area contributed by atoms with Gasteiger partial charge >= 0.3 is 17.9 Å². The van der Waals surface area contributed by atoms with Crippen LogP contribution >= 0.6 is 0 Å². The first-order chi connectivity index (χ1) is 30.1. The van der Waals surface area contributed by atoms with Crippen molar-refractivity contribution >= 4 is 24.4 Å². The Balaban J connectivity index is 0.00000120. The Hall–Kier alpha value is -2.20. The minimum atomic E-state index is -0.0919. The number of likely N-dealkylation sites (tertiary alicyclic amines) is 1. The summed E-state index contributed by atoms with van der Waals surface area (Å²) in [6.07, 6.45) is 36.8. The van der Waals surface area contributed by atoms with Crippen molar-refractivity contribution < 1.29 is 38.1 Å². The molecule has 0 aromatic rings. The molecule has 1 saturated heterocycles. The maximum Gasteiger partial charge on any atom is 0.307 e. The Kier molecular flexibility index (Phi) is 43.8. The van der Waals surface area contributed by atoms with Gasteiger partial charge in [0.15, 0.2) is 0 Å². The predicted octanol–water partition coefficient (Wildman–Crippen LogP) is 13.0. The molecule has 0 N–H and O–H groups in total. The fourth-order valence-electron chi connectivity index (χ4n) is 7.90. The van der Waals surface area contributed by atoms with Crippen LogP contribution in [-0.2, 0) is 38.1 Å². The standard InChI is InChI=1S/C26H50N2O4.C26H50O4/c1-23(2)14-10-7-5-6-8-13-21-31-25(29)15-11-9-12-18-28-20-16-24(22-28)32-26(30)17-19-27(3)4;1-3-5-7-9-12-16-20-25(21-17-13-10-8-6-4-2)30-26(28)22-18-14-11-15-19-23-29-24-27/h23-24H,5-22H2,1-4H3;24-25H,3-23H2,1-2H3. The van der Waals surface area contributed by atoms with E-state index in [0.29, 0.717) is 38.9 Å². The third-order valence-electron chi connectivity index (χ3n) is 11.9. The zero-order valence-corrected chi connectivity index (χ0v) is 41.5. The molecule has 0 aromatic heterocycles. The highest BCUT2D eigenvalue weighted by Gasteiger charge is 2.25. The number of esters is 3. The van der Waals surface area contributed by atoms with Crippen LogP contribution in [-0.4, -0.2) is 99.9 Å². The van der Waals surface area contributed by atoms with Crippen molar-refractivity contribution in [2.75, 3.05) is 53.5 Å². The van der Waals surface area contributed by atoms with E-state index < -0.39 is 0 Å². The molecule has 0 radical (unpaired) electrons. The minimum Gasteiger partial charge on any atom is -0.468 e. The molecule has 1 aliphatic rings. The van der Waals surface area contributed by atoms with Gasteiger partial charge in [0.25, 0.3) is 6.47 Å². The quantitative estimate of drug-likeness (QED) is 0.0254. The topological polar surface area (TPSA) is 112 Å². The maximum atomic E-state index is 12.3. The Morgan fingerprint density at radius 2 is 1.10 bits per heavy atom. The number of rotatable bonds is 43. The van der Waals surface area contributed by atoms with E-state index in [4.69, 9.17) is 14.2 Å². The fourth-order valence-corrected chi connectivity index (χ4v) is 7.90. The summed E-state index contributed by atoms with van der Waals surface area (Å²) in [6.45, 7) is 14.2. The first-order valence-electron chi connectivity index (χ1n) is 26.1. The van der Waals surface area contributed by atoms with Crippen molar-refractivity contribution in [2.45, 2.75) is 252 Å². The first-order valence-corrected chi connectivity index (χ1v) is 26.1. The fraction of sp³-hybridized carbons (Fsp3) is 0.923. The van der Waals surface area contributed by atoms with Gasteiger partial charge in [-0.15, -0.1) is 0 Å². The van der Waals surface area contributed by atoms with Gasteiger partial charge in [-0.3, -0.25) is 24.1 Å². The summed E-state index contributed by atoms with van der Waals surface area (Å²) < 4.78 is 21.5. The van der Waals surface area contributed by atoms with Crippen LogP contribution in [0.1, 0.15) is 240 Å². The summed E-state index contributed by atoms with van der Waals surface area (Å²) in [7, 11) is 3.92. The van der Waals surface area contributed by atoms with Gasteiger partial charge in [-0.05, 0) is 90.8 Å². The van der Waals surface area contributed by atoms with Gasteiger partial charge in [0.05, 0.1) is 19.6 Å². The lowest BCUT2D eigenvalue weighted by atomic mass is 10.0. The van der Waals surface area contributed by atoms with Crippen LogP contribution in [0.15, 0.2) is 0 Å². The highest BCUT2D eigenvalue weighted by atomic mass is 16.5. The van der Waals surface area contributed by atoms with E-state index in [1.807, 2.05) is 19.0 Å². The Morgan fingerprint density at radius 1 is 0.597 bits per heavy atom. The molecular formula is C52H100N2O8. The number of ether oxygens (including phenoxy) is 4. The summed E-state index contributed by atoms with van der Waals surface area (Å²) >= 11 is 0. The molecular weight excluding hydrogens is 781 g/mol. The van der Waals surface area contributed by atoms with Gasteiger partial charge in [0.2, 0.25) is 0 Å². The van der Waals surface area contributed by atoms with Crippen molar-refractivity contribution in [3.05, 3.63) is 0 Å². The lowest BCUT2D eigenvalue weighted by Crippen LogP contribution is -2.27. The predicted molar refractivity (Wildman–Crippen MR) is 256 cm³/mol. The summed E-state index contributed by atoms with van der Waals surface area (Å²) in [5, 5.41) is 0. The Morgan fingerprint density at radius 3 is 1.66 bits per heavy atom. The smallest absolute Gasteiger partial charge is 0.307 e. The van der Waals surface area contributed by atoms with E-state index >= 15 is 0 Å². The molecule has 0 bridgehead atoms. The molecule has 1 atom stereocenters. The lowest BCUT2D eigenvalue weighted by molar-refractivity contribution is -0.150. The summed E-state index contributed by atoms with van der Waals surface area (Å²) in [6, 6.07) is 0. The normalized spacial score (nSPS) is 14.0. The molecule has 0 saturated carbocycles. The summed E-state index contributed by atoms with van der Waals surface area (Å²) in [5.74, 6) is 0.663. The second kappa shape index (κ2) is 45.4. The van der Waals surface area contributed by atoms with E-state index in [2.05, 4.69) is 37.3 Å². The average Bonchev–Trinajstić information content (AvgIpc) is 3.69. The zero-order chi connectivity index (χ0) is 45.7. The molecule has 0 aromatic carbocycles. The van der Waals surface area contributed by atoms with Gasteiger partial charge in [0, 0.05) is 32.5 Å². The lowest BCUT2D eigenvalue weighted by Gasteiger charge is -2.18. The van der Waals surface area contributed by atoms with Crippen molar-refractivity contribution in [1.29, 1.82) is 0 Å². The van der Waals surface area contributed by atoms with Crippen LogP contribution < -0.4 is 0 Å². The minimum absolute atomic E-state index is 0.0127. The van der Waals surface area contributed by atoms with Crippen molar-refractivity contribution in [3.63, 3.8) is 0 Å². The molecule has 62 heavy (non-hydrogen) atoms.